The van der Waals surface area contributed by atoms with Crippen molar-refractivity contribution in [3.8, 4) is 11.3 Å². The van der Waals surface area contributed by atoms with Crippen LogP contribution >= 0.6 is 0 Å². The molecule has 0 unspecified atom stereocenters. The monoisotopic (exact) mass is 330 g/mol. The summed E-state index contributed by atoms with van der Waals surface area (Å²) in [5.41, 5.74) is 7.16. The van der Waals surface area contributed by atoms with Gasteiger partial charge >= 0.3 is 0 Å². The van der Waals surface area contributed by atoms with E-state index in [0.29, 0.717) is 0 Å². The molecule has 3 aromatic rings. The number of rotatable bonds is 3. The minimum atomic E-state index is 0.864. The molecule has 3 heterocycles. The Labute approximate surface area is 148 Å². The van der Waals surface area contributed by atoms with Crippen molar-refractivity contribution in [1.82, 2.24) is 19.9 Å². The molecule has 1 aromatic carbocycles. The minimum Gasteiger partial charge on any atom is -0.294 e. The van der Waals surface area contributed by atoms with E-state index in [2.05, 4.69) is 63.2 Å². The van der Waals surface area contributed by atoms with Crippen LogP contribution in [-0.4, -0.2) is 26.4 Å². The average Bonchev–Trinajstić information content (AvgIpc) is 2.63. The van der Waals surface area contributed by atoms with Gasteiger partial charge in [0.1, 0.15) is 5.82 Å². The van der Waals surface area contributed by atoms with Crippen LogP contribution in [0.5, 0.6) is 0 Å². The Morgan fingerprint density at radius 1 is 0.960 bits per heavy atom. The van der Waals surface area contributed by atoms with E-state index in [4.69, 9.17) is 0 Å². The van der Waals surface area contributed by atoms with Crippen LogP contribution in [0, 0.1) is 13.8 Å². The Bertz CT molecular complexity index is 869. The second-order valence-electron chi connectivity index (χ2n) is 6.77. The normalized spacial score (nSPS) is 14.3. The van der Waals surface area contributed by atoms with E-state index in [0.717, 1.165) is 43.1 Å². The molecule has 1 aliphatic rings. The number of aromatic nitrogens is 3. The molecule has 1 aliphatic heterocycles. The summed E-state index contributed by atoms with van der Waals surface area (Å²) in [5, 5.41) is 0. The van der Waals surface area contributed by atoms with E-state index in [1.54, 1.807) is 0 Å². The van der Waals surface area contributed by atoms with Gasteiger partial charge in [0, 0.05) is 55.3 Å². The molecule has 126 valence electrons. The fourth-order valence-electron chi connectivity index (χ4n) is 3.28. The van der Waals surface area contributed by atoms with Gasteiger partial charge in [-0.2, -0.15) is 0 Å². The molecule has 2 aromatic heterocycles. The van der Waals surface area contributed by atoms with Crippen molar-refractivity contribution in [2.24, 2.45) is 0 Å². The highest BCUT2D eigenvalue weighted by molar-refractivity contribution is 5.59. The van der Waals surface area contributed by atoms with Crippen molar-refractivity contribution in [3.05, 3.63) is 77.0 Å². The number of nitrogens with zero attached hydrogens (tertiary/aromatic N) is 4. The second kappa shape index (κ2) is 6.73. The highest BCUT2D eigenvalue weighted by Gasteiger charge is 2.18. The summed E-state index contributed by atoms with van der Waals surface area (Å²) in [6.07, 6.45) is 4.96. The SMILES string of the molecule is Cc1ccc(-c2ccc(CN3CCc4nc(C)ncc4C3)cn2)cc1. The fraction of sp³-hybridized carbons (Fsp3) is 0.286. The predicted molar refractivity (Wildman–Crippen MR) is 99.0 cm³/mol. The predicted octanol–water partition coefficient (Wildman–Crippen LogP) is 3.71. The van der Waals surface area contributed by atoms with Crippen LogP contribution < -0.4 is 0 Å². The third kappa shape index (κ3) is 3.59. The van der Waals surface area contributed by atoms with E-state index < -0.39 is 0 Å². The number of pyridine rings is 1. The van der Waals surface area contributed by atoms with Gasteiger partial charge in [-0.25, -0.2) is 9.97 Å². The first-order valence-corrected chi connectivity index (χ1v) is 8.73. The molecule has 0 atom stereocenters. The lowest BCUT2D eigenvalue weighted by atomic mass is 10.1. The van der Waals surface area contributed by atoms with Crippen molar-refractivity contribution < 1.29 is 0 Å². The van der Waals surface area contributed by atoms with Gasteiger partial charge in [0.15, 0.2) is 0 Å². The quantitative estimate of drug-likeness (QED) is 0.734. The molecule has 0 saturated heterocycles. The summed E-state index contributed by atoms with van der Waals surface area (Å²) in [4.78, 5) is 16.0. The first kappa shape index (κ1) is 15.9. The highest BCUT2D eigenvalue weighted by atomic mass is 15.1. The maximum atomic E-state index is 4.65. The van der Waals surface area contributed by atoms with Gasteiger partial charge in [0.05, 0.1) is 5.69 Å². The highest BCUT2D eigenvalue weighted by Crippen LogP contribution is 2.20. The van der Waals surface area contributed by atoms with Gasteiger partial charge in [-0.15, -0.1) is 0 Å². The van der Waals surface area contributed by atoms with Crippen molar-refractivity contribution >= 4 is 0 Å². The number of hydrogen-bond donors (Lipinski definition) is 0. The molecular formula is C21H22N4. The summed E-state index contributed by atoms with van der Waals surface area (Å²) < 4.78 is 0. The van der Waals surface area contributed by atoms with Crippen LogP contribution in [0.25, 0.3) is 11.3 Å². The minimum absolute atomic E-state index is 0.864. The number of fused-ring (bicyclic) bond motifs is 1. The van der Waals surface area contributed by atoms with Gasteiger partial charge in [-0.1, -0.05) is 35.9 Å². The maximum Gasteiger partial charge on any atom is 0.125 e. The van der Waals surface area contributed by atoms with E-state index in [9.17, 15) is 0 Å². The lowest BCUT2D eigenvalue weighted by Gasteiger charge is -2.27. The van der Waals surface area contributed by atoms with E-state index in [1.807, 2.05) is 19.3 Å². The number of hydrogen-bond acceptors (Lipinski definition) is 4. The lowest BCUT2D eigenvalue weighted by Crippen LogP contribution is -2.31. The van der Waals surface area contributed by atoms with E-state index >= 15 is 0 Å². The molecule has 0 radical (unpaired) electrons. The third-order valence-corrected chi connectivity index (χ3v) is 4.71. The number of aryl methyl sites for hydroxylation is 2. The Morgan fingerprint density at radius 3 is 2.56 bits per heavy atom. The molecule has 4 heteroatoms. The molecule has 0 N–H and O–H groups in total. The zero-order valence-corrected chi connectivity index (χ0v) is 14.7. The molecule has 0 amide bonds. The van der Waals surface area contributed by atoms with Crippen LogP contribution in [-0.2, 0) is 19.5 Å². The van der Waals surface area contributed by atoms with Crippen LogP contribution in [0.4, 0.5) is 0 Å². The number of benzene rings is 1. The summed E-state index contributed by atoms with van der Waals surface area (Å²) in [6, 6.07) is 12.8. The summed E-state index contributed by atoms with van der Waals surface area (Å²) in [7, 11) is 0. The van der Waals surface area contributed by atoms with Gasteiger partial charge in [0.2, 0.25) is 0 Å². The van der Waals surface area contributed by atoms with Crippen molar-refractivity contribution in [2.75, 3.05) is 6.54 Å². The smallest absolute Gasteiger partial charge is 0.125 e. The van der Waals surface area contributed by atoms with Gasteiger partial charge in [0.25, 0.3) is 0 Å². The topological polar surface area (TPSA) is 41.9 Å². The molecule has 0 spiro atoms. The second-order valence-corrected chi connectivity index (χ2v) is 6.77. The molecule has 0 aliphatic carbocycles. The Morgan fingerprint density at radius 2 is 1.80 bits per heavy atom. The van der Waals surface area contributed by atoms with E-state index in [-0.39, 0.29) is 0 Å². The third-order valence-electron chi connectivity index (χ3n) is 4.71. The molecule has 4 rings (SSSR count). The molecule has 0 saturated carbocycles. The average molecular weight is 330 g/mol. The van der Waals surface area contributed by atoms with Gasteiger partial charge < -0.3 is 0 Å². The van der Waals surface area contributed by atoms with Gasteiger partial charge in [-0.3, -0.25) is 9.88 Å². The standard InChI is InChI=1S/C21H22N4/c1-15-3-6-18(7-4-15)20-8-5-17(11-23-20)13-25-10-9-21-19(14-25)12-22-16(2)24-21/h3-8,11-12H,9-10,13-14H2,1-2H3. The molecule has 0 fully saturated rings. The van der Waals surface area contributed by atoms with Crippen LogP contribution in [0.15, 0.2) is 48.8 Å². The summed E-state index contributed by atoms with van der Waals surface area (Å²) in [5.74, 6) is 0.864. The molecular weight excluding hydrogens is 308 g/mol. The summed E-state index contributed by atoms with van der Waals surface area (Å²) in [6.45, 7) is 6.91. The van der Waals surface area contributed by atoms with Crippen LogP contribution in [0.2, 0.25) is 0 Å². The van der Waals surface area contributed by atoms with Crippen LogP contribution in [0.1, 0.15) is 28.2 Å². The molecule has 25 heavy (non-hydrogen) atoms. The first-order chi connectivity index (χ1) is 12.2. The Kier molecular flexibility index (Phi) is 4.28. The zero-order valence-electron chi connectivity index (χ0n) is 14.7. The van der Waals surface area contributed by atoms with Gasteiger partial charge in [-0.05, 0) is 25.5 Å². The molecule has 0 bridgehead atoms. The maximum absolute atomic E-state index is 4.65. The van der Waals surface area contributed by atoms with Crippen molar-refractivity contribution in [2.45, 2.75) is 33.4 Å². The Balaban J connectivity index is 1.45. The van der Waals surface area contributed by atoms with Crippen molar-refractivity contribution in [1.29, 1.82) is 0 Å². The largest absolute Gasteiger partial charge is 0.294 e. The zero-order chi connectivity index (χ0) is 17.2. The van der Waals surface area contributed by atoms with Crippen LogP contribution in [0.3, 0.4) is 0 Å². The fourth-order valence-corrected chi connectivity index (χ4v) is 3.28. The van der Waals surface area contributed by atoms with Crippen molar-refractivity contribution in [3.63, 3.8) is 0 Å². The Hall–Kier alpha value is -2.59. The molecule has 4 nitrogen and oxygen atoms in total. The first-order valence-electron chi connectivity index (χ1n) is 8.73. The lowest BCUT2D eigenvalue weighted by molar-refractivity contribution is 0.242. The summed E-state index contributed by atoms with van der Waals surface area (Å²) >= 11 is 0. The van der Waals surface area contributed by atoms with E-state index in [1.165, 1.54) is 22.4 Å².